The van der Waals surface area contributed by atoms with Gasteiger partial charge in [-0.1, -0.05) is 44.2 Å². The summed E-state index contributed by atoms with van der Waals surface area (Å²) in [5, 5.41) is 0. The minimum Gasteiger partial charge on any atom is -0.342 e. The second-order valence-corrected chi connectivity index (χ2v) is 6.30. The molecule has 1 saturated heterocycles. The number of nitrogens with two attached hydrogens (primary N) is 1. The first-order valence-corrected chi connectivity index (χ1v) is 7.06. The molecule has 0 radical (unpaired) electrons. The van der Waals surface area contributed by atoms with Crippen molar-refractivity contribution >= 4 is 18.3 Å². The number of benzene rings is 1. The lowest BCUT2D eigenvalue weighted by atomic mass is 9.84. The zero-order chi connectivity index (χ0) is 13.9. The number of hydrogen-bond acceptors (Lipinski definition) is 2. The van der Waals surface area contributed by atoms with Crippen LogP contribution >= 0.6 is 12.4 Å². The molecule has 1 atom stereocenters. The number of hydrogen-bond donors (Lipinski definition) is 1. The van der Waals surface area contributed by atoms with Crippen LogP contribution in [-0.4, -0.2) is 23.9 Å². The van der Waals surface area contributed by atoms with Gasteiger partial charge in [0.2, 0.25) is 5.91 Å². The molecule has 1 amide bonds. The van der Waals surface area contributed by atoms with E-state index in [0.717, 1.165) is 25.1 Å². The minimum atomic E-state index is -0.196. The molecule has 112 valence electrons. The summed E-state index contributed by atoms with van der Waals surface area (Å²) >= 11 is 0. The number of piperidine rings is 1. The molecule has 0 aromatic heterocycles. The third kappa shape index (κ3) is 4.50. The summed E-state index contributed by atoms with van der Waals surface area (Å²) in [4.78, 5) is 14.3. The number of rotatable bonds is 3. The molecule has 0 aliphatic carbocycles. The van der Waals surface area contributed by atoms with Gasteiger partial charge < -0.3 is 10.6 Å². The van der Waals surface area contributed by atoms with Gasteiger partial charge in [0.25, 0.3) is 0 Å². The van der Waals surface area contributed by atoms with E-state index in [1.807, 2.05) is 35.2 Å². The van der Waals surface area contributed by atoms with E-state index in [1.165, 1.54) is 6.42 Å². The summed E-state index contributed by atoms with van der Waals surface area (Å²) < 4.78 is 0. The highest BCUT2D eigenvalue weighted by atomic mass is 35.5. The molecule has 0 spiro atoms. The minimum absolute atomic E-state index is 0. The van der Waals surface area contributed by atoms with E-state index in [4.69, 9.17) is 5.73 Å². The lowest BCUT2D eigenvalue weighted by molar-refractivity contribution is -0.134. The fourth-order valence-corrected chi connectivity index (χ4v) is 2.77. The van der Waals surface area contributed by atoms with E-state index in [1.54, 1.807) is 0 Å². The number of halogens is 1. The van der Waals surface area contributed by atoms with Crippen molar-refractivity contribution in [2.45, 2.75) is 39.2 Å². The Morgan fingerprint density at radius 2 is 2.00 bits per heavy atom. The molecule has 20 heavy (non-hydrogen) atoms. The standard InChI is InChI=1S/C16H24N2O.ClH/c1-16(2)9-6-10-18(12-16)15(19)11-14(17)13-7-4-3-5-8-13;/h3-5,7-8,14H,6,9-12,17H2,1-2H3;1H. The third-order valence-electron chi connectivity index (χ3n) is 3.88. The molecule has 1 aliphatic heterocycles. The van der Waals surface area contributed by atoms with Crippen molar-refractivity contribution in [2.24, 2.45) is 11.1 Å². The number of nitrogens with zero attached hydrogens (tertiary/aromatic N) is 1. The van der Waals surface area contributed by atoms with Gasteiger partial charge in [0.15, 0.2) is 0 Å². The molecule has 0 bridgehead atoms. The Kier molecular flexibility index (Phi) is 6.03. The molecule has 1 fully saturated rings. The molecular weight excluding hydrogens is 272 g/mol. The van der Waals surface area contributed by atoms with Gasteiger partial charge in [-0.3, -0.25) is 4.79 Å². The van der Waals surface area contributed by atoms with Crippen molar-refractivity contribution in [1.82, 2.24) is 4.90 Å². The summed E-state index contributed by atoms with van der Waals surface area (Å²) in [6.07, 6.45) is 2.70. The maximum atomic E-state index is 12.3. The second-order valence-electron chi connectivity index (χ2n) is 6.30. The van der Waals surface area contributed by atoms with E-state index in [0.29, 0.717) is 6.42 Å². The molecule has 0 saturated carbocycles. The van der Waals surface area contributed by atoms with Gasteiger partial charge >= 0.3 is 0 Å². The van der Waals surface area contributed by atoms with Crippen LogP contribution < -0.4 is 5.73 Å². The van der Waals surface area contributed by atoms with Crippen LogP contribution in [-0.2, 0) is 4.79 Å². The summed E-state index contributed by atoms with van der Waals surface area (Å²) in [5.74, 6) is 0.184. The highest BCUT2D eigenvalue weighted by Crippen LogP contribution is 2.29. The number of carbonyl (C=O) groups is 1. The average Bonchev–Trinajstić information content (AvgIpc) is 2.38. The van der Waals surface area contributed by atoms with Crippen LogP contribution in [0.25, 0.3) is 0 Å². The molecule has 2 rings (SSSR count). The van der Waals surface area contributed by atoms with Gasteiger partial charge in [0.05, 0.1) is 0 Å². The maximum Gasteiger partial charge on any atom is 0.224 e. The zero-order valence-corrected chi connectivity index (χ0v) is 13.2. The average molecular weight is 297 g/mol. The first kappa shape index (κ1) is 17.0. The Bertz CT molecular complexity index is 433. The van der Waals surface area contributed by atoms with Crippen LogP contribution in [0.3, 0.4) is 0 Å². The summed E-state index contributed by atoms with van der Waals surface area (Å²) in [6.45, 7) is 6.18. The van der Waals surface area contributed by atoms with E-state index in [9.17, 15) is 4.79 Å². The van der Waals surface area contributed by atoms with Gasteiger partial charge in [0, 0.05) is 25.6 Å². The molecular formula is C16H25ClN2O. The Labute approximate surface area is 127 Å². The van der Waals surface area contributed by atoms with Crippen molar-refractivity contribution in [3.05, 3.63) is 35.9 Å². The smallest absolute Gasteiger partial charge is 0.224 e. The Morgan fingerprint density at radius 3 is 2.60 bits per heavy atom. The summed E-state index contributed by atoms with van der Waals surface area (Å²) in [7, 11) is 0. The number of amides is 1. The normalized spacial score (nSPS) is 19.1. The van der Waals surface area contributed by atoms with Crippen molar-refractivity contribution in [3.63, 3.8) is 0 Å². The molecule has 1 unspecified atom stereocenters. The Morgan fingerprint density at radius 1 is 1.35 bits per heavy atom. The number of carbonyl (C=O) groups excluding carboxylic acids is 1. The summed E-state index contributed by atoms with van der Waals surface area (Å²) in [6, 6.07) is 9.66. The van der Waals surface area contributed by atoms with Crippen LogP contribution in [0.5, 0.6) is 0 Å². The van der Waals surface area contributed by atoms with Crippen molar-refractivity contribution in [3.8, 4) is 0 Å². The first-order valence-electron chi connectivity index (χ1n) is 7.06. The molecule has 2 N–H and O–H groups in total. The summed E-state index contributed by atoms with van der Waals surface area (Å²) in [5.41, 5.74) is 7.40. The largest absolute Gasteiger partial charge is 0.342 e. The fraction of sp³-hybridized carbons (Fsp3) is 0.562. The SMILES string of the molecule is CC1(C)CCCN(C(=O)CC(N)c2ccccc2)C1.Cl. The molecule has 1 aromatic carbocycles. The van der Waals surface area contributed by atoms with Gasteiger partial charge in [-0.15, -0.1) is 12.4 Å². The van der Waals surface area contributed by atoms with Crippen molar-refractivity contribution < 1.29 is 4.79 Å². The van der Waals surface area contributed by atoms with Gasteiger partial charge in [0.1, 0.15) is 0 Å². The lowest BCUT2D eigenvalue weighted by Gasteiger charge is -2.38. The van der Waals surface area contributed by atoms with Crippen LogP contribution in [0.1, 0.15) is 44.7 Å². The molecule has 1 aliphatic rings. The van der Waals surface area contributed by atoms with E-state index in [2.05, 4.69) is 13.8 Å². The Hall–Kier alpha value is -1.06. The maximum absolute atomic E-state index is 12.3. The van der Waals surface area contributed by atoms with E-state index < -0.39 is 0 Å². The number of likely N-dealkylation sites (tertiary alicyclic amines) is 1. The van der Waals surface area contributed by atoms with Crippen LogP contribution in [0.4, 0.5) is 0 Å². The van der Waals surface area contributed by atoms with Crippen LogP contribution in [0.2, 0.25) is 0 Å². The molecule has 4 heteroatoms. The van der Waals surface area contributed by atoms with Crippen molar-refractivity contribution in [2.75, 3.05) is 13.1 Å². The monoisotopic (exact) mass is 296 g/mol. The highest BCUT2D eigenvalue weighted by Gasteiger charge is 2.29. The van der Waals surface area contributed by atoms with Crippen molar-refractivity contribution in [1.29, 1.82) is 0 Å². The molecule has 3 nitrogen and oxygen atoms in total. The van der Waals surface area contributed by atoms with E-state index in [-0.39, 0.29) is 29.8 Å². The molecule has 1 aromatic rings. The predicted octanol–water partition coefficient (Wildman–Crippen LogP) is 3.15. The molecule has 1 heterocycles. The predicted molar refractivity (Wildman–Crippen MR) is 84.8 cm³/mol. The third-order valence-corrected chi connectivity index (χ3v) is 3.88. The first-order chi connectivity index (χ1) is 8.98. The van der Waals surface area contributed by atoms with E-state index >= 15 is 0 Å². The zero-order valence-electron chi connectivity index (χ0n) is 12.3. The fourth-order valence-electron chi connectivity index (χ4n) is 2.77. The quantitative estimate of drug-likeness (QED) is 0.931. The lowest BCUT2D eigenvalue weighted by Crippen LogP contribution is -2.44. The Balaban J connectivity index is 0.00000200. The van der Waals surface area contributed by atoms with Gasteiger partial charge in [-0.2, -0.15) is 0 Å². The highest BCUT2D eigenvalue weighted by molar-refractivity contribution is 5.85. The topological polar surface area (TPSA) is 46.3 Å². The van der Waals surface area contributed by atoms with Gasteiger partial charge in [-0.05, 0) is 23.8 Å². The van der Waals surface area contributed by atoms with Crippen LogP contribution in [0, 0.1) is 5.41 Å². The second kappa shape index (κ2) is 7.09. The van der Waals surface area contributed by atoms with Crippen LogP contribution in [0.15, 0.2) is 30.3 Å². The van der Waals surface area contributed by atoms with Gasteiger partial charge in [-0.25, -0.2) is 0 Å².